The molecule has 0 heterocycles. The molecule has 0 saturated heterocycles. The van der Waals surface area contributed by atoms with E-state index in [0.717, 1.165) is 12.1 Å². The van der Waals surface area contributed by atoms with Crippen LogP contribution in [-0.4, -0.2) is 11.4 Å². The fourth-order valence-electron chi connectivity index (χ4n) is 1.55. The number of phenols is 1. The molecule has 1 N–H and O–H groups in total. The van der Waals surface area contributed by atoms with Crippen molar-refractivity contribution in [3.05, 3.63) is 53.6 Å². The zero-order valence-corrected chi connectivity index (χ0v) is 8.65. The minimum absolute atomic E-state index is 0.00370. The molecule has 2 nitrogen and oxygen atoms in total. The Bertz CT molecular complexity index is 580. The van der Waals surface area contributed by atoms with Gasteiger partial charge in [0.1, 0.15) is 23.7 Å². The average Bonchev–Trinajstić information content (AvgIpc) is 2.30. The summed E-state index contributed by atoms with van der Waals surface area (Å²) >= 11 is 0. The molecule has 0 spiro atoms. The zero-order chi connectivity index (χ0) is 12.4. The third-order valence-electron chi connectivity index (χ3n) is 2.37. The van der Waals surface area contributed by atoms with Gasteiger partial charge in [0.2, 0.25) is 0 Å². The molecule has 86 valence electrons. The summed E-state index contributed by atoms with van der Waals surface area (Å²) in [6.07, 6.45) is 0.557. The summed E-state index contributed by atoms with van der Waals surface area (Å²) in [4.78, 5) is 10.6. The van der Waals surface area contributed by atoms with Crippen molar-refractivity contribution in [1.29, 1.82) is 0 Å². The Morgan fingerprint density at radius 2 is 1.71 bits per heavy atom. The fourth-order valence-corrected chi connectivity index (χ4v) is 1.55. The van der Waals surface area contributed by atoms with Gasteiger partial charge in [0.15, 0.2) is 0 Å². The lowest BCUT2D eigenvalue weighted by Gasteiger charge is -2.06. The van der Waals surface area contributed by atoms with Crippen LogP contribution < -0.4 is 0 Å². The molecule has 2 aromatic carbocycles. The van der Waals surface area contributed by atoms with Crippen molar-refractivity contribution < 1.29 is 18.7 Å². The minimum Gasteiger partial charge on any atom is -0.508 e. The van der Waals surface area contributed by atoms with Crippen LogP contribution in [0.2, 0.25) is 0 Å². The van der Waals surface area contributed by atoms with Crippen molar-refractivity contribution in [3.63, 3.8) is 0 Å². The first kappa shape index (κ1) is 11.3. The molecule has 4 heteroatoms. The number of aromatic hydroxyl groups is 1. The molecule has 17 heavy (non-hydrogen) atoms. The van der Waals surface area contributed by atoms with Gasteiger partial charge in [-0.2, -0.15) is 0 Å². The number of hydrogen-bond acceptors (Lipinski definition) is 2. The van der Waals surface area contributed by atoms with Crippen molar-refractivity contribution in [2.45, 2.75) is 0 Å². The number of carbonyl (C=O) groups excluding carboxylic acids is 1. The Balaban J connectivity index is 2.63. The van der Waals surface area contributed by atoms with E-state index in [4.69, 9.17) is 5.11 Å². The molecule has 0 amide bonds. The van der Waals surface area contributed by atoms with Gasteiger partial charge in [0, 0.05) is 22.8 Å². The Morgan fingerprint density at radius 3 is 2.35 bits per heavy atom. The lowest BCUT2D eigenvalue weighted by Crippen LogP contribution is -1.91. The highest BCUT2D eigenvalue weighted by Gasteiger charge is 2.11. The third kappa shape index (κ3) is 2.15. The largest absolute Gasteiger partial charge is 0.508 e. The molecule has 0 fully saturated rings. The van der Waals surface area contributed by atoms with Gasteiger partial charge >= 0.3 is 0 Å². The Labute approximate surface area is 96.1 Å². The van der Waals surface area contributed by atoms with Gasteiger partial charge in [-0.3, -0.25) is 4.79 Å². The van der Waals surface area contributed by atoms with E-state index < -0.39 is 11.6 Å². The van der Waals surface area contributed by atoms with Crippen molar-refractivity contribution in [2.24, 2.45) is 0 Å². The molecule has 0 unspecified atom stereocenters. The molecular formula is C13H8F2O2. The summed E-state index contributed by atoms with van der Waals surface area (Å²) in [5, 5.41) is 9.06. The van der Waals surface area contributed by atoms with Crippen molar-refractivity contribution in [1.82, 2.24) is 0 Å². The summed E-state index contributed by atoms with van der Waals surface area (Å²) < 4.78 is 27.1. The molecule has 0 atom stereocenters. The molecule has 2 rings (SSSR count). The van der Waals surface area contributed by atoms with Crippen molar-refractivity contribution in [2.75, 3.05) is 0 Å². The van der Waals surface area contributed by atoms with Gasteiger partial charge < -0.3 is 5.11 Å². The van der Waals surface area contributed by atoms with E-state index in [-0.39, 0.29) is 22.4 Å². The van der Waals surface area contributed by atoms with E-state index >= 15 is 0 Å². The number of rotatable bonds is 2. The topological polar surface area (TPSA) is 37.3 Å². The van der Waals surface area contributed by atoms with E-state index in [1.807, 2.05) is 0 Å². The van der Waals surface area contributed by atoms with Gasteiger partial charge in [-0.15, -0.1) is 0 Å². The highest BCUT2D eigenvalue weighted by Crippen LogP contribution is 2.28. The van der Waals surface area contributed by atoms with Crippen LogP contribution in [0, 0.1) is 11.6 Å². The average molecular weight is 234 g/mol. The monoisotopic (exact) mass is 234 g/mol. The van der Waals surface area contributed by atoms with Crippen LogP contribution in [0.5, 0.6) is 5.75 Å². The summed E-state index contributed by atoms with van der Waals surface area (Å²) in [6.45, 7) is 0. The molecule has 0 aliphatic rings. The summed E-state index contributed by atoms with van der Waals surface area (Å²) in [7, 11) is 0. The van der Waals surface area contributed by atoms with Crippen LogP contribution in [0.3, 0.4) is 0 Å². The van der Waals surface area contributed by atoms with E-state index in [1.165, 1.54) is 24.3 Å². The molecular weight excluding hydrogens is 226 g/mol. The highest BCUT2D eigenvalue weighted by atomic mass is 19.1. The fraction of sp³-hybridized carbons (Fsp3) is 0. The third-order valence-corrected chi connectivity index (χ3v) is 2.37. The van der Waals surface area contributed by atoms with E-state index in [0.29, 0.717) is 6.29 Å². The van der Waals surface area contributed by atoms with E-state index in [2.05, 4.69) is 0 Å². The number of aldehydes is 1. The van der Waals surface area contributed by atoms with Gasteiger partial charge in [-0.1, -0.05) is 0 Å². The van der Waals surface area contributed by atoms with Crippen LogP contribution in [0.4, 0.5) is 8.78 Å². The molecule has 0 bridgehead atoms. The smallest absolute Gasteiger partial charge is 0.150 e. The predicted molar refractivity (Wildman–Crippen MR) is 58.8 cm³/mol. The van der Waals surface area contributed by atoms with Gasteiger partial charge in [-0.05, 0) is 30.3 Å². The summed E-state index contributed by atoms with van der Waals surface area (Å²) in [5.74, 6) is -1.61. The Morgan fingerprint density at radius 1 is 0.941 bits per heavy atom. The van der Waals surface area contributed by atoms with Crippen LogP contribution >= 0.6 is 0 Å². The lowest BCUT2D eigenvalue weighted by molar-refractivity contribution is 0.112. The molecule has 0 aliphatic carbocycles. The van der Waals surface area contributed by atoms with Crippen LogP contribution in [0.25, 0.3) is 11.1 Å². The number of carbonyl (C=O) groups is 1. The Hall–Kier alpha value is -2.23. The first-order chi connectivity index (χ1) is 8.11. The van der Waals surface area contributed by atoms with Gasteiger partial charge in [0.05, 0.1) is 0 Å². The van der Waals surface area contributed by atoms with Crippen molar-refractivity contribution >= 4 is 6.29 Å². The van der Waals surface area contributed by atoms with Crippen LogP contribution in [0.1, 0.15) is 10.4 Å². The predicted octanol–water partition coefficient (Wildman–Crippen LogP) is 3.15. The molecule has 0 saturated carbocycles. The van der Waals surface area contributed by atoms with Crippen LogP contribution in [0.15, 0.2) is 36.4 Å². The second-order valence-electron chi connectivity index (χ2n) is 3.52. The number of benzene rings is 2. The number of halogens is 2. The maximum atomic E-state index is 13.5. The first-order valence-corrected chi connectivity index (χ1v) is 4.85. The minimum atomic E-state index is -0.744. The molecule has 0 aromatic heterocycles. The normalized spacial score (nSPS) is 10.2. The highest BCUT2D eigenvalue weighted by molar-refractivity contribution is 5.79. The lowest BCUT2D eigenvalue weighted by atomic mass is 10.0. The SMILES string of the molecule is O=Cc1ccc(F)c(-c2ccc(O)cc2F)c1. The van der Waals surface area contributed by atoms with Crippen LogP contribution in [-0.2, 0) is 0 Å². The quantitative estimate of drug-likeness (QED) is 0.810. The summed E-state index contributed by atoms with van der Waals surface area (Å²) in [5.41, 5.74) is 0.255. The summed E-state index contributed by atoms with van der Waals surface area (Å²) in [6, 6.07) is 7.08. The van der Waals surface area contributed by atoms with Gasteiger partial charge in [0.25, 0.3) is 0 Å². The van der Waals surface area contributed by atoms with Gasteiger partial charge in [-0.25, -0.2) is 8.78 Å². The van der Waals surface area contributed by atoms with Crippen molar-refractivity contribution in [3.8, 4) is 16.9 Å². The second kappa shape index (κ2) is 4.33. The maximum absolute atomic E-state index is 13.5. The Kier molecular flexibility index (Phi) is 2.87. The first-order valence-electron chi connectivity index (χ1n) is 4.85. The second-order valence-corrected chi connectivity index (χ2v) is 3.52. The molecule has 2 aromatic rings. The molecule has 0 aliphatic heterocycles. The number of hydrogen-bond donors (Lipinski definition) is 1. The van der Waals surface area contributed by atoms with E-state index in [9.17, 15) is 13.6 Å². The molecule has 0 radical (unpaired) electrons. The maximum Gasteiger partial charge on any atom is 0.150 e. The zero-order valence-electron chi connectivity index (χ0n) is 8.65. The standard InChI is InChI=1S/C13H8F2O2/c14-12-4-1-8(7-16)5-11(12)10-3-2-9(17)6-13(10)15/h1-7,17H. The van der Waals surface area contributed by atoms with E-state index in [1.54, 1.807) is 0 Å². The number of phenolic OH excluding ortho intramolecular Hbond substituents is 1.